The van der Waals surface area contributed by atoms with Gasteiger partial charge < -0.3 is 9.64 Å². The zero-order chi connectivity index (χ0) is 18.7. The monoisotopic (exact) mass is 388 g/mol. The van der Waals surface area contributed by atoms with Crippen LogP contribution in [0.5, 0.6) is 5.75 Å². The maximum atomic E-state index is 12.6. The lowest BCUT2D eigenvalue weighted by atomic mass is 10.2. The molecule has 1 aromatic heterocycles. The highest BCUT2D eigenvalue weighted by Crippen LogP contribution is 2.23. The lowest BCUT2D eigenvalue weighted by Gasteiger charge is -2.34. The fourth-order valence-electron chi connectivity index (χ4n) is 3.58. The number of para-hydroxylation sites is 1. The number of piperazine rings is 1. The lowest BCUT2D eigenvalue weighted by molar-refractivity contribution is 0.331. The summed E-state index contributed by atoms with van der Waals surface area (Å²) in [5.41, 5.74) is 2.39. The van der Waals surface area contributed by atoms with Crippen LogP contribution < -0.4 is 9.64 Å². The Bertz CT molecular complexity index is 881. The maximum absolute atomic E-state index is 12.6. The molecule has 0 atom stereocenters. The number of aryl methyl sites for hydroxylation is 2. The molecule has 0 saturated carbocycles. The summed E-state index contributed by atoms with van der Waals surface area (Å²) in [4.78, 5) is 2.12. The van der Waals surface area contributed by atoms with E-state index in [0.29, 0.717) is 31.9 Å². The van der Waals surface area contributed by atoms with Gasteiger partial charge in [-0.2, -0.15) is 9.40 Å². The molecule has 0 N–H and O–H groups in total. The molecule has 1 aromatic carbocycles. The maximum Gasteiger partial charge on any atom is 0.217 e. The van der Waals surface area contributed by atoms with Crippen LogP contribution in [0.2, 0.25) is 0 Å². The van der Waals surface area contributed by atoms with Crippen molar-refractivity contribution in [1.29, 1.82) is 0 Å². The van der Waals surface area contributed by atoms with E-state index in [2.05, 4.69) is 21.2 Å². The van der Waals surface area contributed by atoms with Crippen LogP contribution in [0.25, 0.3) is 0 Å². The highest BCUT2D eigenvalue weighted by Gasteiger charge is 2.28. The normalized spacial score (nSPS) is 17.7. The van der Waals surface area contributed by atoms with E-state index < -0.39 is 10.0 Å². The first-order valence-corrected chi connectivity index (χ1v) is 11.0. The van der Waals surface area contributed by atoms with Crippen molar-refractivity contribution in [2.75, 3.05) is 43.4 Å². The topological polar surface area (TPSA) is 75.6 Å². The summed E-state index contributed by atoms with van der Waals surface area (Å²) in [5, 5.41) is 8.66. The van der Waals surface area contributed by atoms with Crippen LogP contribution in [0, 0.1) is 0 Å². The second-order valence-electron chi connectivity index (χ2n) is 6.89. The molecule has 1 aliphatic heterocycles. The molecule has 7 nitrogen and oxygen atoms in total. The van der Waals surface area contributed by atoms with Gasteiger partial charge in [0.05, 0.1) is 11.4 Å². The highest BCUT2D eigenvalue weighted by atomic mass is 32.2. The first-order chi connectivity index (χ1) is 13.1. The van der Waals surface area contributed by atoms with E-state index >= 15 is 0 Å². The number of aromatic nitrogens is 2. The van der Waals surface area contributed by atoms with E-state index in [1.54, 1.807) is 4.31 Å². The zero-order valence-corrected chi connectivity index (χ0v) is 16.1. The molecule has 2 heterocycles. The van der Waals surface area contributed by atoms with Crippen molar-refractivity contribution < 1.29 is 13.2 Å². The Kier molecular flexibility index (Phi) is 5.27. The van der Waals surface area contributed by atoms with E-state index in [0.717, 1.165) is 30.8 Å². The standard InChI is InChI=1S/C19H24N4O3S/c24-27(25,14-13-26-17-6-2-1-3-7-17)23-11-9-22(10-12-23)19-15-16-5-4-8-18(16)20-21-19/h1-3,6-7,15H,4-5,8-14H2. The number of rotatable bonds is 6. The van der Waals surface area contributed by atoms with Gasteiger partial charge in [-0.25, -0.2) is 8.42 Å². The quantitative estimate of drug-likeness (QED) is 0.746. The summed E-state index contributed by atoms with van der Waals surface area (Å²) < 4.78 is 32.2. The van der Waals surface area contributed by atoms with Gasteiger partial charge in [-0.15, -0.1) is 5.10 Å². The summed E-state index contributed by atoms with van der Waals surface area (Å²) in [6.07, 6.45) is 3.22. The van der Waals surface area contributed by atoms with Gasteiger partial charge in [-0.05, 0) is 43.0 Å². The van der Waals surface area contributed by atoms with Crippen LogP contribution in [-0.2, 0) is 22.9 Å². The van der Waals surface area contributed by atoms with Crippen LogP contribution in [0.3, 0.4) is 0 Å². The number of anilines is 1. The SMILES string of the molecule is O=S(=O)(CCOc1ccccc1)N1CCN(c2cc3c(nn2)CCC3)CC1. The highest BCUT2D eigenvalue weighted by molar-refractivity contribution is 7.89. The molecule has 2 aliphatic rings. The number of fused-ring (bicyclic) bond motifs is 1. The van der Waals surface area contributed by atoms with Crippen molar-refractivity contribution in [1.82, 2.24) is 14.5 Å². The molecular formula is C19H24N4O3S. The molecule has 1 saturated heterocycles. The first kappa shape index (κ1) is 18.2. The molecule has 0 bridgehead atoms. The van der Waals surface area contributed by atoms with E-state index in [1.165, 1.54) is 5.56 Å². The predicted octanol–water partition coefficient (Wildman–Crippen LogP) is 1.50. The van der Waals surface area contributed by atoms with Crippen molar-refractivity contribution in [2.45, 2.75) is 19.3 Å². The van der Waals surface area contributed by atoms with Gasteiger partial charge in [-0.1, -0.05) is 18.2 Å². The third-order valence-electron chi connectivity index (χ3n) is 5.12. The summed E-state index contributed by atoms with van der Waals surface area (Å²) >= 11 is 0. The van der Waals surface area contributed by atoms with Crippen molar-refractivity contribution in [3.63, 3.8) is 0 Å². The molecule has 2 aromatic rings. The van der Waals surface area contributed by atoms with Crippen molar-refractivity contribution >= 4 is 15.8 Å². The number of hydrogen-bond donors (Lipinski definition) is 0. The molecule has 1 fully saturated rings. The fraction of sp³-hybridized carbons (Fsp3) is 0.474. The Morgan fingerprint density at radius 1 is 1.00 bits per heavy atom. The Balaban J connectivity index is 1.30. The Morgan fingerprint density at radius 3 is 2.56 bits per heavy atom. The minimum atomic E-state index is -3.32. The first-order valence-electron chi connectivity index (χ1n) is 9.38. The van der Waals surface area contributed by atoms with Crippen LogP contribution in [-0.4, -0.2) is 61.5 Å². The van der Waals surface area contributed by atoms with Gasteiger partial charge in [0.2, 0.25) is 10.0 Å². The van der Waals surface area contributed by atoms with Crippen LogP contribution in [0.15, 0.2) is 36.4 Å². The average Bonchev–Trinajstić information content (AvgIpc) is 3.17. The third kappa shape index (κ3) is 4.22. The van der Waals surface area contributed by atoms with E-state index in [-0.39, 0.29) is 12.4 Å². The zero-order valence-electron chi connectivity index (χ0n) is 15.2. The molecule has 27 heavy (non-hydrogen) atoms. The molecule has 0 unspecified atom stereocenters. The van der Waals surface area contributed by atoms with Gasteiger partial charge >= 0.3 is 0 Å². The molecule has 144 valence electrons. The van der Waals surface area contributed by atoms with Gasteiger partial charge in [0.15, 0.2) is 5.82 Å². The van der Waals surface area contributed by atoms with Crippen molar-refractivity contribution in [2.24, 2.45) is 0 Å². The minimum Gasteiger partial charge on any atom is -0.492 e. The van der Waals surface area contributed by atoms with E-state index in [4.69, 9.17) is 4.74 Å². The summed E-state index contributed by atoms with van der Waals surface area (Å²) in [5.74, 6) is 1.54. The van der Waals surface area contributed by atoms with E-state index in [1.807, 2.05) is 30.3 Å². The summed E-state index contributed by atoms with van der Waals surface area (Å²) in [6, 6.07) is 11.4. The van der Waals surface area contributed by atoms with Crippen molar-refractivity contribution in [3.05, 3.63) is 47.7 Å². The Labute approximate surface area is 160 Å². The lowest BCUT2D eigenvalue weighted by Crippen LogP contribution is -2.50. The van der Waals surface area contributed by atoms with Crippen LogP contribution in [0.1, 0.15) is 17.7 Å². The van der Waals surface area contributed by atoms with E-state index in [9.17, 15) is 8.42 Å². The van der Waals surface area contributed by atoms with Crippen LogP contribution >= 0.6 is 0 Å². The third-order valence-corrected chi connectivity index (χ3v) is 6.95. The summed E-state index contributed by atoms with van der Waals surface area (Å²) in [7, 11) is -3.32. The number of nitrogens with zero attached hydrogens (tertiary/aromatic N) is 4. The van der Waals surface area contributed by atoms with Gasteiger partial charge in [0.1, 0.15) is 12.4 Å². The van der Waals surface area contributed by atoms with Gasteiger partial charge in [-0.3, -0.25) is 0 Å². The molecule has 0 spiro atoms. The number of sulfonamides is 1. The number of ether oxygens (including phenoxy) is 1. The number of benzene rings is 1. The van der Waals surface area contributed by atoms with Crippen molar-refractivity contribution in [3.8, 4) is 5.75 Å². The molecule has 1 aliphatic carbocycles. The molecule has 4 rings (SSSR count). The fourth-order valence-corrected chi connectivity index (χ4v) is 4.85. The van der Waals surface area contributed by atoms with Gasteiger partial charge in [0.25, 0.3) is 0 Å². The predicted molar refractivity (Wildman–Crippen MR) is 104 cm³/mol. The molecule has 0 radical (unpaired) electrons. The Hall–Kier alpha value is -2.19. The Morgan fingerprint density at radius 2 is 1.78 bits per heavy atom. The molecular weight excluding hydrogens is 364 g/mol. The minimum absolute atomic E-state index is 0.0133. The second-order valence-corrected chi connectivity index (χ2v) is 8.98. The van der Waals surface area contributed by atoms with Gasteiger partial charge in [0, 0.05) is 26.2 Å². The summed E-state index contributed by atoms with van der Waals surface area (Å²) in [6.45, 7) is 2.35. The number of hydrogen-bond acceptors (Lipinski definition) is 6. The average molecular weight is 388 g/mol. The largest absolute Gasteiger partial charge is 0.492 e. The molecule has 0 amide bonds. The van der Waals surface area contributed by atoms with Crippen LogP contribution in [0.4, 0.5) is 5.82 Å². The smallest absolute Gasteiger partial charge is 0.217 e. The molecule has 8 heteroatoms. The second kappa shape index (κ2) is 7.82.